The second-order valence-electron chi connectivity index (χ2n) is 8.86. The maximum atomic E-state index is 12.4. The first kappa shape index (κ1) is 30.1. The third kappa shape index (κ3) is 7.15. The standard InChI is InChI=1S/C26H32O13/c1-3-14-15(8-9-36-20(30)7-5-13-4-6-17(28)18(29)10-13)16(24(34)35-2)12-37-25(14)39-26-23(33)22(32)21(31)19(11-27)38-26/h3-7,10,12,14-15,19,21-23,25-29,31-33H,1,8-9,11H2,2H3/b7-5+/t14-,15+,19-,21-,22+,23-,25+,26+/m1/s1. The fourth-order valence-corrected chi connectivity index (χ4v) is 4.23. The highest BCUT2D eigenvalue weighted by Crippen LogP contribution is 2.37. The van der Waals surface area contributed by atoms with E-state index in [-0.39, 0.29) is 30.1 Å². The van der Waals surface area contributed by atoms with Crippen molar-refractivity contribution in [2.75, 3.05) is 20.3 Å². The first-order valence-electron chi connectivity index (χ1n) is 12.0. The van der Waals surface area contributed by atoms with Gasteiger partial charge in [-0.2, -0.15) is 0 Å². The number of carbonyl (C=O) groups is 2. The second kappa shape index (κ2) is 13.6. The Hall–Kier alpha value is -3.46. The zero-order valence-corrected chi connectivity index (χ0v) is 21.0. The number of phenolic OH excluding ortho intramolecular Hbond substituents is 2. The van der Waals surface area contributed by atoms with E-state index in [0.717, 1.165) is 12.3 Å². The summed E-state index contributed by atoms with van der Waals surface area (Å²) in [5.41, 5.74) is 0.560. The molecule has 6 N–H and O–H groups in total. The molecule has 39 heavy (non-hydrogen) atoms. The van der Waals surface area contributed by atoms with Gasteiger partial charge in [0.25, 0.3) is 0 Å². The number of rotatable bonds is 10. The van der Waals surface area contributed by atoms with Crippen molar-refractivity contribution in [3.63, 3.8) is 0 Å². The van der Waals surface area contributed by atoms with Crippen molar-refractivity contribution < 1.29 is 63.9 Å². The van der Waals surface area contributed by atoms with Crippen molar-refractivity contribution in [3.8, 4) is 11.5 Å². The zero-order chi connectivity index (χ0) is 28.7. The molecule has 0 unspecified atom stereocenters. The smallest absolute Gasteiger partial charge is 0.337 e. The van der Waals surface area contributed by atoms with Crippen LogP contribution in [0.25, 0.3) is 6.08 Å². The third-order valence-electron chi connectivity index (χ3n) is 6.40. The van der Waals surface area contributed by atoms with Gasteiger partial charge >= 0.3 is 11.9 Å². The van der Waals surface area contributed by atoms with Crippen molar-refractivity contribution in [1.82, 2.24) is 0 Å². The maximum absolute atomic E-state index is 12.4. The predicted molar refractivity (Wildman–Crippen MR) is 131 cm³/mol. The molecule has 0 aliphatic carbocycles. The first-order chi connectivity index (χ1) is 18.6. The summed E-state index contributed by atoms with van der Waals surface area (Å²) in [5.74, 6) is -3.47. The molecule has 0 saturated carbocycles. The molecule has 2 aliphatic heterocycles. The average Bonchev–Trinajstić information content (AvgIpc) is 2.93. The van der Waals surface area contributed by atoms with Gasteiger partial charge in [-0.1, -0.05) is 12.1 Å². The minimum Gasteiger partial charge on any atom is -0.504 e. The summed E-state index contributed by atoms with van der Waals surface area (Å²) in [7, 11) is 1.19. The number of ether oxygens (including phenoxy) is 5. The van der Waals surface area contributed by atoms with Crippen LogP contribution in [0.15, 0.2) is 48.8 Å². The summed E-state index contributed by atoms with van der Waals surface area (Å²) in [4.78, 5) is 24.6. The number of benzene rings is 1. The van der Waals surface area contributed by atoms with Crippen LogP contribution in [0.4, 0.5) is 0 Å². The molecule has 1 saturated heterocycles. The van der Waals surface area contributed by atoms with Crippen molar-refractivity contribution in [3.05, 3.63) is 54.3 Å². The Labute approximate surface area is 223 Å². The number of phenols is 2. The lowest BCUT2D eigenvalue weighted by Crippen LogP contribution is -2.60. The van der Waals surface area contributed by atoms with Crippen molar-refractivity contribution in [2.45, 2.75) is 43.4 Å². The van der Waals surface area contributed by atoms with Gasteiger partial charge in [0, 0.05) is 17.9 Å². The quantitative estimate of drug-likeness (QED) is 0.0956. The summed E-state index contributed by atoms with van der Waals surface area (Å²) in [6.45, 7) is 2.98. The predicted octanol–water partition coefficient (Wildman–Crippen LogP) is -0.308. The molecule has 0 bridgehead atoms. The van der Waals surface area contributed by atoms with Crippen LogP contribution >= 0.6 is 0 Å². The highest BCUT2D eigenvalue weighted by molar-refractivity contribution is 5.89. The number of aromatic hydroxyl groups is 2. The van der Waals surface area contributed by atoms with Crippen LogP contribution in [-0.2, 0) is 33.3 Å². The minimum absolute atomic E-state index is 0.106. The molecule has 0 spiro atoms. The molecule has 0 amide bonds. The second-order valence-corrected chi connectivity index (χ2v) is 8.86. The first-order valence-corrected chi connectivity index (χ1v) is 12.0. The van der Waals surface area contributed by atoms with E-state index in [0.29, 0.717) is 5.56 Å². The van der Waals surface area contributed by atoms with Crippen LogP contribution in [0.1, 0.15) is 12.0 Å². The van der Waals surface area contributed by atoms with Crippen molar-refractivity contribution >= 4 is 18.0 Å². The summed E-state index contributed by atoms with van der Waals surface area (Å²) in [6.07, 6.45) is -3.62. The normalized spacial score (nSPS) is 30.7. The van der Waals surface area contributed by atoms with Crippen LogP contribution in [0.5, 0.6) is 11.5 Å². The molecule has 214 valence electrons. The molecular weight excluding hydrogens is 520 g/mol. The van der Waals surface area contributed by atoms with E-state index in [1.54, 1.807) is 0 Å². The van der Waals surface area contributed by atoms with E-state index >= 15 is 0 Å². The van der Waals surface area contributed by atoms with Crippen LogP contribution in [-0.4, -0.2) is 99.9 Å². The van der Waals surface area contributed by atoms with Crippen LogP contribution in [0, 0.1) is 11.8 Å². The molecule has 3 rings (SSSR count). The monoisotopic (exact) mass is 552 g/mol. The van der Waals surface area contributed by atoms with Gasteiger partial charge in [-0.15, -0.1) is 6.58 Å². The average molecular weight is 553 g/mol. The van der Waals surface area contributed by atoms with Crippen LogP contribution in [0.2, 0.25) is 0 Å². The molecule has 13 heteroatoms. The molecule has 2 heterocycles. The molecular formula is C26H32O13. The van der Waals surface area contributed by atoms with Crippen molar-refractivity contribution in [1.29, 1.82) is 0 Å². The van der Waals surface area contributed by atoms with E-state index in [1.165, 1.54) is 37.5 Å². The summed E-state index contributed by atoms with van der Waals surface area (Å²) >= 11 is 0. The molecule has 13 nitrogen and oxygen atoms in total. The Kier molecular flexibility index (Phi) is 10.5. The molecule has 8 atom stereocenters. The highest BCUT2D eigenvalue weighted by Gasteiger charge is 2.47. The van der Waals surface area contributed by atoms with Crippen LogP contribution in [0.3, 0.4) is 0 Å². The third-order valence-corrected chi connectivity index (χ3v) is 6.40. The number of methoxy groups -OCH3 is 1. The summed E-state index contributed by atoms with van der Waals surface area (Å²) in [6, 6.07) is 4.02. The number of hydrogen-bond donors (Lipinski definition) is 6. The number of carbonyl (C=O) groups excluding carboxylic acids is 2. The molecule has 1 aromatic rings. The van der Waals surface area contributed by atoms with E-state index in [9.17, 15) is 40.2 Å². The van der Waals surface area contributed by atoms with Crippen LogP contribution < -0.4 is 0 Å². The van der Waals surface area contributed by atoms with E-state index < -0.39 is 67.4 Å². The Balaban J connectivity index is 1.68. The Morgan fingerprint density at radius 2 is 1.82 bits per heavy atom. The number of esters is 2. The van der Waals surface area contributed by atoms with E-state index in [2.05, 4.69) is 6.58 Å². The lowest BCUT2D eigenvalue weighted by molar-refractivity contribution is -0.339. The fourth-order valence-electron chi connectivity index (χ4n) is 4.23. The molecule has 2 aliphatic rings. The topological polar surface area (TPSA) is 202 Å². The number of aliphatic hydroxyl groups is 4. The van der Waals surface area contributed by atoms with Gasteiger partial charge in [-0.05, 0) is 30.2 Å². The maximum Gasteiger partial charge on any atom is 0.337 e. The number of hydrogen-bond acceptors (Lipinski definition) is 13. The molecule has 0 aromatic heterocycles. The lowest BCUT2D eigenvalue weighted by Gasteiger charge is -2.43. The Morgan fingerprint density at radius 1 is 1.08 bits per heavy atom. The SMILES string of the molecule is C=C[C@H]1[C@H](O[C@@H]2O[C@H](CO)[C@@H](O)[C@H](O)[C@H]2O)OC=C(C(=O)OC)[C@H]1CCOC(=O)/C=C/c1ccc(O)c(O)c1. The summed E-state index contributed by atoms with van der Waals surface area (Å²) in [5, 5.41) is 58.7. The largest absolute Gasteiger partial charge is 0.504 e. The van der Waals surface area contributed by atoms with Gasteiger partial charge in [-0.25, -0.2) is 9.59 Å². The fraction of sp³-hybridized carbons (Fsp3) is 0.462. The van der Waals surface area contributed by atoms with Gasteiger partial charge in [0.2, 0.25) is 6.29 Å². The minimum atomic E-state index is -1.68. The zero-order valence-electron chi connectivity index (χ0n) is 21.0. The molecule has 0 radical (unpaired) electrons. The van der Waals surface area contributed by atoms with Gasteiger partial charge < -0.3 is 54.3 Å². The van der Waals surface area contributed by atoms with Gasteiger partial charge in [-0.3, -0.25) is 0 Å². The van der Waals surface area contributed by atoms with Crippen molar-refractivity contribution in [2.24, 2.45) is 11.8 Å². The highest BCUT2D eigenvalue weighted by atomic mass is 16.8. The molecule has 1 fully saturated rings. The Morgan fingerprint density at radius 3 is 2.46 bits per heavy atom. The van der Waals surface area contributed by atoms with Gasteiger partial charge in [0.15, 0.2) is 17.8 Å². The summed E-state index contributed by atoms with van der Waals surface area (Å²) < 4.78 is 26.7. The van der Waals surface area contributed by atoms with Gasteiger partial charge in [0.05, 0.1) is 32.2 Å². The number of aliphatic hydroxyl groups excluding tert-OH is 4. The van der Waals surface area contributed by atoms with E-state index in [4.69, 9.17) is 23.7 Å². The van der Waals surface area contributed by atoms with Gasteiger partial charge in [0.1, 0.15) is 24.4 Å². The molecule has 1 aromatic carbocycles. The Bertz CT molecular complexity index is 1080. The lowest BCUT2D eigenvalue weighted by atomic mass is 9.82. The van der Waals surface area contributed by atoms with E-state index in [1.807, 2.05) is 0 Å².